The van der Waals surface area contributed by atoms with Gasteiger partial charge in [0.15, 0.2) is 6.10 Å². The van der Waals surface area contributed by atoms with Crippen LogP contribution in [-0.4, -0.2) is 54.6 Å². The van der Waals surface area contributed by atoms with Crippen molar-refractivity contribution in [2.45, 2.75) is 24.5 Å². The van der Waals surface area contributed by atoms with Crippen molar-refractivity contribution < 1.29 is 19.1 Å². The van der Waals surface area contributed by atoms with Crippen LogP contribution in [0.1, 0.15) is 12.8 Å². The molecular formula is C17H22N4O4. The third kappa shape index (κ3) is 3.05. The minimum atomic E-state index is -1.20. The summed E-state index contributed by atoms with van der Waals surface area (Å²) in [6.45, 7) is 1.35. The molecule has 1 spiro atoms. The molecule has 134 valence electrons. The van der Waals surface area contributed by atoms with Crippen LogP contribution < -0.4 is 16.4 Å². The SMILES string of the molecule is CN1C(=O)[C@H](OC(N)=O)[C@@H](C(=O)Nc2ccccc2)C12CCNCC2. The van der Waals surface area contributed by atoms with Gasteiger partial charge in [0.05, 0.1) is 5.54 Å². The molecule has 25 heavy (non-hydrogen) atoms. The fourth-order valence-electron chi connectivity index (χ4n) is 3.92. The third-order valence-corrected chi connectivity index (χ3v) is 5.16. The Morgan fingerprint density at radius 2 is 1.92 bits per heavy atom. The monoisotopic (exact) mass is 346 g/mol. The summed E-state index contributed by atoms with van der Waals surface area (Å²) in [7, 11) is 1.65. The van der Waals surface area contributed by atoms with Gasteiger partial charge in [-0.25, -0.2) is 4.79 Å². The summed E-state index contributed by atoms with van der Waals surface area (Å²) in [5, 5.41) is 6.06. The second kappa shape index (κ2) is 6.72. The van der Waals surface area contributed by atoms with Crippen molar-refractivity contribution in [2.75, 3.05) is 25.5 Å². The number of nitrogens with one attached hydrogen (secondary N) is 2. The number of likely N-dealkylation sites (N-methyl/N-ethyl adjacent to an activating group) is 1. The van der Waals surface area contributed by atoms with Crippen LogP contribution in [0.15, 0.2) is 30.3 Å². The zero-order valence-corrected chi connectivity index (χ0v) is 14.0. The Bertz CT molecular complexity index is 672. The Hall–Kier alpha value is -2.61. The van der Waals surface area contributed by atoms with Gasteiger partial charge in [-0.1, -0.05) is 18.2 Å². The van der Waals surface area contributed by atoms with E-state index in [0.717, 1.165) is 0 Å². The van der Waals surface area contributed by atoms with E-state index >= 15 is 0 Å². The highest BCUT2D eigenvalue weighted by molar-refractivity contribution is 6.01. The van der Waals surface area contributed by atoms with E-state index in [4.69, 9.17) is 10.5 Å². The van der Waals surface area contributed by atoms with Gasteiger partial charge < -0.3 is 26.0 Å². The lowest BCUT2D eigenvalue weighted by Crippen LogP contribution is -2.56. The van der Waals surface area contributed by atoms with Crippen LogP contribution in [0.25, 0.3) is 0 Å². The van der Waals surface area contributed by atoms with Gasteiger partial charge in [-0.2, -0.15) is 0 Å². The Balaban J connectivity index is 1.94. The summed E-state index contributed by atoms with van der Waals surface area (Å²) in [6, 6.07) is 8.98. The quantitative estimate of drug-likeness (QED) is 0.728. The zero-order valence-electron chi connectivity index (χ0n) is 14.0. The number of benzene rings is 1. The Morgan fingerprint density at radius 3 is 2.52 bits per heavy atom. The van der Waals surface area contributed by atoms with Crippen molar-refractivity contribution in [3.8, 4) is 0 Å². The topological polar surface area (TPSA) is 114 Å². The van der Waals surface area contributed by atoms with Gasteiger partial charge in [-0.15, -0.1) is 0 Å². The summed E-state index contributed by atoms with van der Waals surface area (Å²) in [5.74, 6) is -1.56. The third-order valence-electron chi connectivity index (χ3n) is 5.16. The van der Waals surface area contributed by atoms with E-state index in [0.29, 0.717) is 31.6 Å². The van der Waals surface area contributed by atoms with Crippen LogP contribution in [0.5, 0.6) is 0 Å². The Morgan fingerprint density at radius 1 is 1.28 bits per heavy atom. The van der Waals surface area contributed by atoms with Crippen LogP contribution in [0, 0.1) is 5.92 Å². The number of para-hydroxylation sites is 1. The van der Waals surface area contributed by atoms with Crippen molar-refractivity contribution in [2.24, 2.45) is 11.7 Å². The minimum Gasteiger partial charge on any atom is -0.435 e. The molecule has 2 heterocycles. The predicted molar refractivity (Wildman–Crippen MR) is 90.6 cm³/mol. The molecule has 2 atom stereocenters. The maximum atomic E-state index is 13.0. The molecule has 1 aromatic carbocycles. The van der Waals surface area contributed by atoms with E-state index in [2.05, 4.69) is 10.6 Å². The van der Waals surface area contributed by atoms with Gasteiger partial charge in [-0.3, -0.25) is 9.59 Å². The highest BCUT2D eigenvalue weighted by Crippen LogP contribution is 2.43. The molecule has 4 N–H and O–H groups in total. The lowest BCUT2D eigenvalue weighted by Gasteiger charge is -2.42. The molecular weight excluding hydrogens is 324 g/mol. The van der Waals surface area contributed by atoms with Crippen molar-refractivity contribution in [1.82, 2.24) is 10.2 Å². The van der Waals surface area contributed by atoms with E-state index in [9.17, 15) is 14.4 Å². The standard InChI is InChI=1S/C17H22N4O4/c1-21-15(23)13(25-16(18)24)12(17(21)7-9-19-10-8-17)14(22)20-11-5-3-2-4-6-11/h2-6,12-13,19H,7-10H2,1H3,(H2,18,24)(H,20,22)/t12-,13+/m0/s1. The number of amides is 3. The molecule has 2 aliphatic rings. The van der Waals surface area contributed by atoms with E-state index in [1.807, 2.05) is 6.07 Å². The van der Waals surface area contributed by atoms with Gasteiger partial charge in [-0.05, 0) is 38.1 Å². The first-order valence-electron chi connectivity index (χ1n) is 8.26. The number of rotatable bonds is 3. The number of primary amides is 1. The first-order chi connectivity index (χ1) is 12.0. The Labute approximate surface area is 145 Å². The van der Waals surface area contributed by atoms with E-state index in [1.165, 1.54) is 0 Å². The molecule has 0 aliphatic carbocycles. The molecule has 0 saturated carbocycles. The van der Waals surface area contributed by atoms with Crippen molar-refractivity contribution in [1.29, 1.82) is 0 Å². The van der Waals surface area contributed by atoms with Gasteiger partial charge in [0.25, 0.3) is 5.91 Å². The number of nitrogens with two attached hydrogens (primary N) is 1. The van der Waals surface area contributed by atoms with E-state index in [-0.39, 0.29) is 5.91 Å². The summed E-state index contributed by atoms with van der Waals surface area (Å²) in [4.78, 5) is 38.5. The van der Waals surface area contributed by atoms with E-state index in [1.54, 1.807) is 36.2 Å². The lowest BCUT2D eigenvalue weighted by atomic mass is 9.76. The number of ether oxygens (including phenoxy) is 1. The smallest absolute Gasteiger partial charge is 0.405 e. The molecule has 1 aromatic rings. The van der Waals surface area contributed by atoms with Gasteiger partial charge in [0, 0.05) is 12.7 Å². The van der Waals surface area contributed by atoms with Crippen LogP contribution in [0.3, 0.4) is 0 Å². The first kappa shape index (κ1) is 17.2. The second-order valence-electron chi connectivity index (χ2n) is 6.44. The molecule has 0 bridgehead atoms. The maximum absolute atomic E-state index is 13.0. The molecule has 2 aliphatic heterocycles. The van der Waals surface area contributed by atoms with Crippen LogP contribution in [-0.2, 0) is 14.3 Å². The molecule has 3 amide bonds. The van der Waals surface area contributed by atoms with Crippen LogP contribution in [0.2, 0.25) is 0 Å². The molecule has 2 saturated heterocycles. The normalized spacial score (nSPS) is 25.0. The number of nitrogens with zero attached hydrogens (tertiary/aromatic N) is 1. The molecule has 0 radical (unpaired) electrons. The van der Waals surface area contributed by atoms with Crippen LogP contribution >= 0.6 is 0 Å². The molecule has 0 unspecified atom stereocenters. The first-order valence-corrected chi connectivity index (χ1v) is 8.26. The lowest BCUT2D eigenvalue weighted by molar-refractivity contribution is -0.136. The number of hydrogen-bond donors (Lipinski definition) is 3. The van der Waals surface area contributed by atoms with Crippen molar-refractivity contribution in [3.05, 3.63) is 30.3 Å². The maximum Gasteiger partial charge on any atom is 0.405 e. The minimum absolute atomic E-state index is 0.350. The highest BCUT2D eigenvalue weighted by atomic mass is 16.6. The summed E-state index contributed by atoms with van der Waals surface area (Å²) >= 11 is 0. The molecule has 8 nitrogen and oxygen atoms in total. The molecule has 8 heteroatoms. The van der Waals surface area contributed by atoms with Crippen molar-refractivity contribution in [3.63, 3.8) is 0 Å². The zero-order chi connectivity index (χ0) is 18.0. The number of likely N-dealkylation sites (tertiary alicyclic amines) is 1. The fraction of sp³-hybridized carbons (Fsp3) is 0.471. The van der Waals surface area contributed by atoms with Gasteiger partial charge in [0.1, 0.15) is 5.92 Å². The summed E-state index contributed by atoms with van der Waals surface area (Å²) in [5.41, 5.74) is 5.07. The van der Waals surface area contributed by atoms with E-state index < -0.39 is 29.6 Å². The van der Waals surface area contributed by atoms with Gasteiger partial charge >= 0.3 is 6.09 Å². The number of carbonyl (C=O) groups is 3. The predicted octanol–water partition coefficient (Wildman–Crippen LogP) is 0.299. The van der Waals surface area contributed by atoms with Gasteiger partial charge in [0.2, 0.25) is 5.91 Å². The highest BCUT2D eigenvalue weighted by Gasteiger charge is 2.61. The summed E-state index contributed by atoms with van der Waals surface area (Å²) in [6.07, 6.45) is -1.07. The number of carbonyl (C=O) groups excluding carboxylic acids is 3. The average molecular weight is 346 g/mol. The molecule has 3 rings (SSSR count). The number of hydrogen-bond acceptors (Lipinski definition) is 5. The van der Waals surface area contributed by atoms with Crippen LogP contribution in [0.4, 0.5) is 10.5 Å². The largest absolute Gasteiger partial charge is 0.435 e. The Kier molecular flexibility index (Phi) is 4.63. The average Bonchev–Trinajstić information content (AvgIpc) is 2.78. The van der Waals surface area contributed by atoms with Crippen molar-refractivity contribution >= 4 is 23.6 Å². The second-order valence-corrected chi connectivity index (χ2v) is 6.44. The summed E-state index contributed by atoms with van der Waals surface area (Å²) < 4.78 is 5.06. The number of piperidine rings is 1. The molecule has 0 aromatic heterocycles. The number of anilines is 1. The fourth-order valence-corrected chi connectivity index (χ4v) is 3.92. The molecule has 2 fully saturated rings.